The molecule has 1 rings (SSSR count). The van der Waals surface area contributed by atoms with Gasteiger partial charge in [-0.2, -0.15) is 0 Å². The molecule has 7 nitrogen and oxygen atoms in total. The Morgan fingerprint density at radius 3 is 2.40 bits per heavy atom. The summed E-state index contributed by atoms with van der Waals surface area (Å²) >= 11 is 0. The number of likely N-dealkylation sites (N-methyl/N-ethyl adjacent to an activating group) is 1. The Morgan fingerprint density at radius 1 is 1.40 bits per heavy atom. The normalized spacial score (nSPS) is 21.3. The fraction of sp³-hybridized carbons (Fsp3) is 0.769. The highest BCUT2D eigenvalue weighted by Crippen LogP contribution is 2.26. The number of nitrogens with zero attached hydrogens (tertiary/aromatic N) is 3. The molecule has 1 heterocycles. The minimum atomic E-state index is -0.924. The summed E-state index contributed by atoms with van der Waals surface area (Å²) in [4.78, 5) is 28.0. The molecule has 20 heavy (non-hydrogen) atoms. The van der Waals surface area contributed by atoms with Crippen LogP contribution in [0.5, 0.6) is 0 Å². The van der Waals surface area contributed by atoms with Crippen LogP contribution < -0.4 is 5.73 Å². The molecule has 0 saturated carbocycles. The van der Waals surface area contributed by atoms with Gasteiger partial charge in [-0.15, -0.1) is 0 Å². The van der Waals surface area contributed by atoms with Crippen molar-refractivity contribution >= 4 is 17.6 Å². The second-order valence-electron chi connectivity index (χ2n) is 6.02. The average molecular weight is 284 g/mol. The van der Waals surface area contributed by atoms with Gasteiger partial charge in [-0.05, 0) is 19.8 Å². The lowest BCUT2D eigenvalue weighted by atomic mass is 9.89. The highest BCUT2D eigenvalue weighted by Gasteiger charge is 2.45. The van der Waals surface area contributed by atoms with Crippen molar-refractivity contribution in [3.8, 4) is 0 Å². The summed E-state index contributed by atoms with van der Waals surface area (Å²) in [5.74, 6) is -1.35. The lowest BCUT2D eigenvalue weighted by Crippen LogP contribution is -2.65. The average Bonchev–Trinajstić information content (AvgIpc) is 2.35. The third-order valence-corrected chi connectivity index (χ3v) is 3.84. The van der Waals surface area contributed by atoms with E-state index in [-0.39, 0.29) is 23.6 Å². The molecule has 1 aliphatic rings. The van der Waals surface area contributed by atoms with Crippen molar-refractivity contribution in [1.82, 2.24) is 9.80 Å². The first-order valence-electron chi connectivity index (χ1n) is 6.69. The summed E-state index contributed by atoms with van der Waals surface area (Å²) < 4.78 is 0. The van der Waals surface area contributed by atoms with Gasteiger partial charge in [0.1, 0.15) is 11.5 Å². The first-order valence-corrected chi connectivity index (χ1v) is 6.69. The van der Waals surface area contributed by atoms with Crippen LogP contribution in [0.4, 0.5) is 0 Å². The van der Waals surface area contributed by atoms with E-state index in [0.29, 0.717) is 13.1 Å². The molecule has 0 bridgehead atoms. The van der Waals surface area contributed by atoms with E-state index in [1.165, 1.54) is 4.90 Å². The number of nitrogens with two attached hydrogens (primary N) is 1. The highest BCUT2D eigenvalue weighted by atomic mass is 16.4. The van der Waals surface area contributed by atoms with Crippen LogP contribution in [0, 0.1) is 11.8 Å². The quantitative estimate of drug-likeness (QED) is 0.332. The molecule has 2 amide bonds. The predicted molar refractivity (Wildman–Crippen MR) is 75.2 cm³/mol. The fourth-order valence-electron chi connectivity index (χ4n) is 2.58. The number of hydrogen-bond donors (Lipinski definition) is 2. The Morgan fingerprint density at radius 2 is 1.95 bits per heavy atom. The Balaban J connectivity index is 3.09. The fourth-order valence-corrected chi connectivity index (χ4v) is 2.58. The summed E-state index contributed by atoms with van der Waals surface area (Å²) in [6.45, 7) is 8.00. The van der Waals surface area contributed by atoms with Gasteiger partial charge in [0, 0.05) is 20.1 Å². The molecule has 3 N–H and O–H groups in total. The van der Waals surface area contributed by atoms with E-state index < -0.39 is 11.5 Å². The van der Waals surface area contributed by atoms with Crippen molar-refractivity contribution in [1.29, 1.82) is 0 Å². The topological polar surface area (TPSA) is 99.2 Å². The molecule has 1 saturated heterocycles. The number of carbonyl (C=O) groups excluding carboxylic acids is 2. The summed E-state index contributed by atoms with van der Waals surface area (Å²) in [6, 6.07) is 0. The largest absolute Gasteiger partial charge is 0.409 e. The van der Waals surface area contributed by atoms with Crippen LogP contribution in [0.15, 0.2) is 5.16 Å². The highest BCUT2D eigenvalue weighted by molar-refractivity contribution is 6.04. The molecule has 1 aliphatic heterocycles. The van der Waals surface area contributed by atoms with Crippen molar-refractivity contribution in [2.75, 3.05) is 20.1 Å². The number of rotatable bonds is 3. The van der Waals surface area contributed by atoms with Gasteiger partial charge in [0.25, 0.3) is 0 Å². The van der Waals surface area contributed by atoms with Crippen molar-refractivity contribution in [3.05, 3.63) is 0 Å². The minimum Gasteiger partial charge on any atom is -0.409 e. The monoisotopic (exact) mass is 284 g/mol. The van der Waals surface area contributed by atoms with Gasteiger partial charge in [0.2, 0.25) is 11.8 Å². The Kier molecular flexibility index (Phi) is 4.62. The third-order valence-electron chi connectivity index (χ3n) is 3.84. The summed E-state index contributed by atoms with van der Waals surface area (Å²) in [5.41, 5.74) is 4.71. The Labute approximate surface area is 119 Å². The molecule has 114 valence electrons. The smallest absolute Gasteiger partial charge is 0.247 e. The van der Waals surface area contributed by atoms with E-state index in [4.69, 9.17) is 10.9 Å². The molecule has 1 fully saturated rings. The molecule has 1 unspecified atom stereocenters. The number of amides is 2. The Bertz CT molecular complexity index is 431. The number of carbonyl (C=O) groups is 2. The predicted octanol–water partition coefficient (Wildman–Crippen LogP) is 0.0842. The second-order valence-corrected chi connectivity index (χ2v) is 6.02. The number of oxime groups is 1. The van der Waals surface area contributed by atoms with E-state index in [0.717, 1.165) is 0 Å². The standard InChI is InChI=1S/C13H24N4O3/c1-8(2)9(10(14)15-20)11(18)17-7-6-16(5)12(19)13(17,3)4/h8-9,20H,6-7H2,1-5H3,(H2,14,15). The van der Waals surface area contributed by atoms with Crippen LogP contribution in [0.1, 0.15) is 27.7 Å². The summed E-state index contributed by atoms with van der Waals surface area (Å²) in [6.07, 6.45) is 0. The van der Waals surface area contributed by atoms with Gasteiger partial charge in [0.05, 0.1) is 0 Å². The SMILES string of the molecule is CC(C)C(C(=O)N1CCN(C)C(=O)C1(C)C)C(N)=NO. The summed E-state index contributed by atoms with van der Waals surface area (Å²) in [7, 11) is 1.72. The van der Waals surface area contributed by atoms with Gasteiger partial charge in [-0.3, -0.25) is 9.59 Å². The zero-order valence-electron chi connectivity index (χ0n) is 12.8. The Hall–Kier alpha value is -1.79. The van der Waals surface area contributed by atoms with Crippen LogP contribution in [0.3, 0.4) is 0 Å². The molecular weight excluding hydrogens is 260 g/mol. The third kappa shape index (κ3) is 2.71. The van der Waals surface area contributed by atoms with Crippen LogP contribution in [-0.4, -0.2) is 58.3 Å². The van der Waals surface area contributed by atoms with E-state index in [1.807, 2.05) is 13.8 Å². The van der Waals surface area contributed by atoms with E-state index >= 15 is 0 Å². The molecule has 0 spiro atoms. The number of piperazine rings is 1. The van der Waals surface area contributed by atoms with Gasteiger partial charge < -0.3 is 20.7 Å². The van der Waals surface area contributed by atoms with E-state index in [9.17, 15) is 9.59 Å². The van der Waals surface area contributed by atoms with Gasteiger partial charge in [-0.1, -0.05) is 19.0 Å². The zero-order valence-corrected chi connectivity index (χ0v) is 12.8. The van der Waals surface area contributed by atoms with Crippen LogP contribution in [0.2, 0.25) is 0 Å². The van der Waals surface area contributed by atoms with Crippen molar-refractivity contribution in [3.63, 3.8) is 0 Å². The second kappa shape index (κ2) is 5.68. The van der Waals surface area contributed by atoms with Crippen LogP contribution in [-0.2, 0) is 9.59 Å². The van der Waals surface area contributed by atoms with Crippen molar-refractivity contribution in [2.24, 2.45) is 22.7 Å². The lowest BCUT2D eigenvalue weighted by Gasteiger charge is -2.46. The summed E-state index contributed by atoms with van der Waals surface area (Å²) in [5, 5.41) is 11.8. The van der Waals surface area contributed by atoms with E-state index in [2.05, 4.69) is 5.16 Å². The van der Waals surface area contributed by atoms with Gasteiger partial charge in [0.15, 0.2) is 5.84 Å². The maximum atomic E-state index is 12.7. The minimum absolute atomic E-state index is 0.112. The number of hydrogen-bond acceptors (Lipinski definition) is 4. The van der Waals surface area contributed by atoms with Crippen molar-refractivity contribution in [2.45, 2.75) is 33.2 Å². The maximum absolute atomic E-state index is 12.7. The van der Waals surface area contributed by atoms with Gasteiger partial charge >= 0.3 is 0 Å². The lowest BCUT2D eigenvalue weighted by molar-refractivity contribution is -0.159. The first kappa shape index (κ1) is 16.3. The first-order chi connectivity index (χ1) is 9.14. The molecule has 0 aromatic heterocycles. The maximum Gasteiger partial charge on any atom is 0.247 e. The zero-order chi connectivity index (χ0) is 15.7. The molecule has 0 aromatic rings. The van der Waals surface area contributed by atoms with Gasteiger partial charge in [-0.25, -0.2) is 0 Å². The molecular formula is C13H24N4O3. The molecule has 0 aliphatic carbocycles. The molecule has 1 atom stereocenters. The van der Waals surface area contributed by atoms with Crippen molar-refractivity contribution < 1.29 is 14.8 Å². The van der Waals surface area contributed by atoms with Crippen LogP contribution >= 0.6 is 0 Å². The molecule has 0 aromatic carbocycles. The molecule has 7 heteroatoms. The van der Waals surface area contributed by atoms with E-state index in [1.54, 1.807) is 25.8 Å². The molecule has 0 radical (unpaired) electrons. The van der Waals surface area contributed by atoms with Crippen LogP contribution in [0.25, 0.3) is 0 Å². The number of amidine groups is 1.